The summed E-state index contributed by atoms with van der Waals surface area (Å²) in [5.41, 5.74) is 0. The molecule has 0 radical (unpaired) electrons. The first-order valence-electron chi connectivity index (χ1n) is 6.47. The Morgan fingerprint density at radius 1 is 1.38 bits per heavy atom. The van der Waals surface area contributed by atoms with Crippen molar-refractivity contribution in [2.24, 2.45) is 11.8 Å². The minimum Gasteiger partial charge on any atom is -0.464 e. The van der Waals surface area contributed by atoms with Gasteiger partial charge in [0.05, 0.1) is 6.61 Å². The number of hydrogen-bond acceptors (Lipinski definition) is 3. The van der Waals surface area contributed by atoms with Crippen molar-refractivity contribution in [2.75, 3.05) is 19.8 Å². The highest BCUT2D eigenvalue weighted by atomic mass is 16.6. The van der Waals surface area contributed by atoms with Crippen LogP contribution < -0.4 is 0 Å². The number of hydrogen-bond donors (Lipinski definition) is 0. The number of ether oxygens (including phenoxy) is 2. The van der Waals surface area contributed by atoms with Crippen molar-refractivity contribution < 1.29 is 14.3 Å². The third kappa shape index (κ3) is 4.97. The van der Waals surface area contributed by atoms with Crippen LogP contribution in [0.5, 0.6) is 0 Å². The third-order valence-electron chi connectivity index (χ3n) is 3.43. The molecule has 1 saturated carbocycles. The molecule has 0 N–H and O–H groups in total. The molecular formula is C13H24O3. The largest absolute Gasteiger partial charge is 0.464 e. The molecule has 3 nitrogen and oxygen atoms in total. The van der Waals surface area contributed by atoms with Crippen LogP contribution in [0.15, 0.2) is 0 Å². The summed E-state index contributed by atoms with van der Waals surface area (Å²) in [5.74, 6) is 1.51. The van der Waals surface area contributed by atoms with Crippen LogP contribution in [0, 0.1) is 11.8 Å². The van der Waals surface area contributed by atoms with Gasteiger partial charge in [0, 0.05) is 6.61 Å². The molecular weight excluding hydrogens is 204 g/mol. The van der Waals surface area contributed by atoms with Crippen LogP contribution in [-0.2, 0) is 14.3 Å². The summed E-state index contributed by atoms with van der Waals surface area (Å²) >= 11 is 0. The van der Waals surface area contributed by atoms with E-state index in [1.54, 1.807) is 6.92 Å². The molecule has 0 aromatic carbocycles. The average molecular weight is 228 g/mol. The van der Waals surface area contributed by atoms with Crippen molar-refractivity contribution in [2.45, 2.75) is 46.0 Å². The highest BCUT2D eigenvalue weighted by Gasteiger charge is 2.22. The molecule has 0 heterocycles. The highest BCUT2D eigenvalue weighted by molar-refractivity contribution is 5.70. The van der Waals surface area contributed by atoms with Gasteiger partial charge in [-0.2, -0.15) is 0 Å². The minimum absolute atomic E-state index is 0.105. The second kappa shape index (κ2) is 7.66. The molecule has 1 rings (SSSR count). The molecule has 3 heteroatoms. The maximum Gasteiger partial charge on any atom is 0.332 e. The van der Waals surface area contributed by atoms with E-state index in [-0.39, 0.29) is 12.6 Å². The molecule has 2 unspecified atom stereocenters. The lowest BCUT2D eigenvalue weighted by Gasteiger charge is -2.14. The van der Waals surface area contributed by atoms with Gasteiger partial charge in [0.25, 0.3) is 0 Å². The van der Waals surface area contributed by atoms with E-state index in [4.69, 9.17) is 9.47 Å². The second-order valence-corrected chi connectivity index (χ2v) is 4.67. The van der Waals surface area contributed by atoms with Crippen molar-refractivity contribution >= 4 is 5.97 Å². The number of carbonyl (C=O) groups is 1. The quantitative estimate of drug-likeness (QED) is 0.496. The van der Waals surface area contributed by atoms with Crippen molar-refractivity contribution in [1.29, 1.82) is 0 Å². The lowest BCUT2D eigenvalue weighted by atomic mass is 9.93. The molecule has 0 aliphatic heterocycles. The average Bonchev–Trinajstić information content (AvgIpc) is 2.64. The molecule has 0 aromatic rings. The first kappa shape index (κ1) is 13.5. The summed E-state index contributed by atoms with van der Waals surface area (Å²) in [4.78, 5) is 11.0. The predicted octanol–water partition coefficient (Wildman–Crippen LogP) is 2.78. The van der Waals surface area contributed by atoms with E-state index in [0.29, 0.717) is 13.2 Å². The van der Waals surface area contributed by atoms with E-state index in [1.165, 1.54) is 25.7 Å². The summed E-state index contributed by atoms with van der Waals surface area (Å²) in [6.45, 7) is 5.37. The van der Waals surface area contributed by atoms with Crippen LogP contribution in [0.3, 0.4) is 0 Å². The maximum absolute atomic E-state index is 11.0. The fourth-order valence-electron chi connectivity index (χ4n) is 2.46. The Morgan fingerprint density at radius 2 is 2.19 bits per heavy atom. The van der Waals surface area contributed by atoms with Gasteiger partial charge in [-0.15, -0.1) is 0 Å². The maximum atomic E-state index is 11.0. The fourth-order valence-corrected chi connectivity index (χ4v) is 2.46. The van der Waals surface area contributed by atoms with Crippen molar-refractivity contribution in [3.63, 3.8) is 0 Å². The van der Waals surface area contributed by atoms with Gasteiger partial charge in [-0.3, -0.25) is 0 Å². The van der Waals surface area contributed by atoms with Crippen molar-refractivity contribution in [1.82, 2.24) is 0 Å². The lowest BCUT2D eigenvalue weighted by molar-refractivity contribution is -0.148. The van der Waals surface area contributed by atoms with Crippen LogP contribution >= 0.6 is 0 Å². The summed E-state index contributed by atoms with van der Waals surface area (Å²) < 4.78 is 10.0. The van der Waals surface area contributed by atoms with E-state index in [2.05, 4.69) is 6.92 Å². The summed E-state index contributed by atoms with van der Waals surface area (Å²) in [6.07, 6.45) is 6.45. The first-order valence-corrected chi connectivity index (χ1v) is 6.47. The fraction of sp³-hybridized carbons (Fsp3) is 0.923. The predicted molar refractivity (Wildman–Crippen MR) is 63.2 cm³/mol. The Balaban J connectivity index is 1.93. The van der Waals surface area contributed by atoms with Crippen LogP contribution in [0.1, 0.15) is 46.0 Å². The molecule has 0 spiro atoms. The topological polar surface area (TPSA) is 35.5 Å². The summed E-state index contributed by atoms with van der Waals surface area (Å²) in [7, 11) is 0. The third-order valence-corrected chi connectivity index (χ3v) is 3.43. The highest BCUT2D eigenvalue weighted by Crippen LogP contribution is 2.34. The molecule has 0 amide bonds. The Kier molecular flexibility index (Phi) is 6.46. The monoisotopic (exact) mass is 228 g/mol. The van der Waals surface area contributed by atoms with Crippen LogP contribution in [0.25, 0.3) is 0 Å². The van der Waals surface area contributed by atoms with Gasteiger partial charge in [-0.05, 0) is 31.6 Å². The molecule has 0 saturated heterocycles. The van der Waals surface area contributed by atoms with E-state index < -0.39 is 0 Å². The van der Waals surface area contributed by atoms with E-state index in [1.807, 2.05) is 0 Å². The molecule has 16 heavy (non-hydrogen) atoms. The first-order chi connectivity index (χ1) is 7.74. The summed E-state index contributed by atoms with van der Waals surface area (Å²) in [6, 6.07) is 0. The van der Waals surface area contributed by atoms with Gasteiger partial charge in [0.2, 0.25) is 0 Å². The zero-order chi connectivity index (χ0) is 11.8. The zero-order valence-electron chi connectivity index (χ0n) is 10.5. The van der Waals surface area contributed by atoms with E-state index in [0.717, 1.165) is 18.3 Å². The van der Waals surface area contributed by atoms with Gasteiger partial charge in [0.15, 0.2) is 0 Å². The lowest BCUT2D eigenvalue weighted by Crippen LogP contribution is -2.13. The minimum atomic E-state index is -0.253. The molecule has 94 valence electrons. The Morgan fingerprint density at radius 3 is 2.81 bits per heavy atom. The van der Waals surface area contributed by atoms with Crippen LogP contribution in [0.2, 0.25) is 0 Å². The van der Waals surface area contributed by atoms with Gasteiger partial charge < -0.3 is 9.47 Å². The van der Waals surface area contributed by atoms with Crippen molar-refractivity contribution in [3.8, 4) is 0 Å². The molecule has 1 aliphatic carbocycles. The van der Waals surface area contributed by atoms with Gasteiger partial charge in [-0.25, -0.2) is 4.79 Å². The normalized spacial score (nSPS) is 24.6. The SMILES string of the molecule is CCOC(=O)COCCCC1CCCC1C. The molecule has 2 atom stereocenters. The van der Waals surface area contributed by atoms with E-state index >= 15 is 0 Å². The Hall–Kier alpha value is -0.570. The molecule has 0 aromatic heterocycles. The smallest absolute Gasteiger partial charge is 0.332 e. The standard InChI is InChI=1S/C13H24O3/c1-3-16-13(14)10-15-9-5-8-12-7-4-6-11(12)2/h11-12H,3-10H2,1-2H3. The Bertz CT molecular complexity index is 203. The number of carbonyl (C=O) groups excluding carboxylic acids is 1. The van der Waals surface area contributed by atoms with Crippen LogP contribution in [-0.4, -0.2) is 25.8 Å². The Labute approximate surface area is 98.5 Å². The zero-order valence-corrected chi connectivity index (χ0v) is 10.5. The second-order valence-electron chi connectivity index (χ2n) is 4.67. The van der Waals surface area contributed by atoms with Crippen molar-refractivity contribution in [3.05, 3.63) is 0 Å². The van der Waals surface area contributed by atoms with Gasteiger partial charge in [-0.1, -0.05) is 26.2 Å². The number of esters is 1. The molecule has 1 aliphatic rings. The molecule has 0 bridgehead atoms. The number of rotatable bonds is 7. The van der Waals surface area contributed by atoms with Gasteiger partial charge >= 0.3 is 5.97 Å². The summed E-state index contributed by atoms with van der Waals surface area (Å²) in [5, 5.41) is 0. The van der Waals surface area contributed by atoms with Gasteiger partial charge in [0.1, 0.15) is 6.61 Å². The molecule has 1 fully saturated rings. The van der Waals surface area contributed by atoms with Crippen LogP contribution in [0.4, 0.5) is 0 Å². The van der Waals surface area contributed by atoms with E-state index in [9.17, 15) is 4.79 Å².